The lowest BCUT2D eigenvalue weighted by Gasteiger charge is -2.07. The maximum Gasteiger partial charge on any atom is 0.271 e. The summed E-state index contributed by atoms with van der Waals surface area (Å²) < 4.78 is 0. The first-order valence-corrected chi connectivity index (χ1v) is 9.96. The van der Waals surface area contributed by atoms with Gasteiger partial charge in [0.05, 0.1) is 6.21 Å². The Hall–Kier alpha value is -3.96. The van der Waals surface area contributed by atoms with Gasteiger partial charge in [0.2, 0.25) is 0 Å². The van der Waals surface area contributed by atoms with Crippen LogP contribution in [0.25, 0.3) is 10.8 Å². The van der Waals surface area contributed by atoms with Gasteiger partial charge in [0.15, 0.2) is 0 Å². The van der Waals surface area contributed by atoms with E-state index in [2.05, 4.69) is 15.8 Å². The first-order chi connectivity index (χ1) is 15.1. The van der Waals surface area contributed by atoms with Crippen LogP contribution in [-0.4, -0.2) is 18.0 Å². The summed E-state index contributed by atoms with van der Waals surface area (Å²) in [6.45, 7) is 0. The largest absolute Gasteiger partial charge is 0.322 e. The molecule has 0 unspecified atom stereocenters. The van der Waals surface area contributed by atoms with E-state index in [9.17, 15) is 9.59 Å². The fourth-order valence-corrected chi connectivity index (χ4v) is 3.26. The van der Waals surface area contributed by atoms with Gasteiger partial charge in [0, 0.05) is 27.4 Å². The summed E-state index contributed by atoms with van der Waals surface area (Å²) in [6.07, 6.45) is 1.62. The van der Waals surface area contributed by atoms with E-state index in [0.717, 1.165) is 16.3 Å². The highest BCUT2D eigenvalue weighted by Gasteiger charge is 2.09. The lowest BCUT2D eigenvalue weighted by molar-refractivity contribution is 0.0953. The average Bonchev–Trinajstić information content (AvgIpc) is 2.80. The van der Waals surface area contributed by atoms with Crippen molar-refractivity contribution in [2.45, 2.75) is 0 Å². The highest BCUT2D eigenvalue weighted by atomic mass is 35.5. The predicted molar refractivity (Wildman–Crippen MR) is 125 cm³/mol. The summed E-state index contributed by atoms with van der Waals surface area (Å²) in [5, 5.41) is 9.57. The van der Waals surface area contributed by atoms with E-state index in [4.69, 9.17) is 11.6 Å². The van der Waals surface area contributed by atoms with Crippen molar-refractivity contribution in [1.82, 2.24) is 5.43 Å². The fraction of sp³-hybridized carbons (Fsp3) is 0. The molecule has 0 radical (unpaired) electrons. The number of rotatable bonds is 5. The summed E-state index contributed by atoms with van der Waals surface area (Å²) in [4.78, 5) is 24.9. The molecule has 4 rings (SSSR count). The second-order valence-electron chi connectivity index (χ2n) is 6.81. The molecule has 0 aliphatic rings. The van der Waals surface area contributed by atoms with Crippen molar-refractivity contribution in [2.75, 3.05) is 5.32 Å². The highest BCUT2D eigenvalue weighted by molar-refractivity contribution is 6.30. The molecule has 6 heteroatoms. The van der Waals surface area contributed by atoms with E-state index in [1.165, 1.54) is 0 Å². The third-order valence-corrected chi connectivity index (χ3v) is 4.93. The van der Waals surface area contributed by atoms with Gasteiger partial charge in [-0.25, -0.2) is 5.43 Å². The first-order valence-electron chi connectivity index (χ1n) is 9.58. The quantitative estimate of drug-likeness (QED) is 0.325. The Morgan fingerprint density at radius 3 is 2.35 bits per heavy atom. The molecule has 0 heterocycles. The minimum atomic E-state index is -0.376. The average molecular weight is 428 g/mol. The summed E-state index contributed by atoms with van der Waals surface area (Å²) in [5.41, 5.74) is 4.79. The Morgan fingerprint density at radius 1 is 0.774 bits per heavy atom. The molecule has 0 atom stereocenters. The maximum absolute atomic E-state index is 12.5. The van der Waals surface area contributed by atoms with Crippen LogP contribution in [0.2, 0.25) is 5.02 Å². The third-order valence-electron chi connectivity index (χ3n) is 4.68. The maximum atomic E-state index is 12.5. The Balaban J connectivity index is 1.43. The number of halogens is 1. The third kappa shape index (κ3) is 4.97. The molecule has 0 saturated heterocycles. The van der Waals surface area contributed by atoms with Gasteiger partial charge in [-0.3, -0.25) is 9.59 Å². The molecule has 152 valence electrons. The molecular formula is C25H18ClN3O2. The number of hydrazone groups is 1. The zero-order valence-electron chi connectivity index (χ0n) is 16.4. The Labute approximate surface area is 184 Å². The van der Waals surface area contributed by atoms with Crippen LogP contribution in [0, 0.1) is 0 Å². The molecule has 31 heavy (non-hydrogen) atoms. The summed E-state index contributed by atoms with van der Waals surface area (Å²) >= 11 is 5.85. The van der Waals surface area contributed by atoms with Gasteiger partial charge in [0.25, 0.3) is 11.8 Å². The van der Waals surface area contributed by atoms with Gasteiger partial charge in [0.1, 0.15) is 0 Å². The predicted octanol–water partition coefficient (Wildman–Crippen LogP) is 5.51. The van der Waals surface area contributed by atoms with Crippen molar-refractivity contribution in [2.24, 2.45) is 5.10 Å². The van der Waals surface area contributed by atoms with Gasteiger partial charge in [-0.2, -0.15) is 5.10 Å². The Bertz CT molecular complexity index is 1280. The summed E-state index contributed by atoms with van der Waals surface area (Å²) in [7, 11) is 0. The molecule has 2 N–H and O–H groups in total. The van der Waals surface area contributed by atoms with E-state index in [1.807, 2.05) is 42.5 Å². The lowest BCUT2D eigenvalue weighted by atomic mass is 10.1. The number of nitrogens with one attached hydrogen (secondary N) is 2. The number of benzene rings is 4. The number of amides is 2. The number of nitrogens with zero attached hydrogens (tertiary/aromatic N) is 1. The Morgan fingerprint density at radius 2 is 1.52 bits per heavy atom. The van der Waals surface area contributed by atoms with Crippen LogP contribution < -0.4 is 10.7 Å². The number of carbonyl (C=O) groups excluding carboxylic acids is 2. The van der Waals surface area contributed by atoms with Gasteiger partial charge in [-0.1, -0.05) is 60.1 Å². The monoisotopic (exact) mass is 427 g/mol. The zero-order chi connectivity index (χ0) is 21.6. The van der Waals surface area contributed by atoms with Crippen molar-refractivity contribution in [1.29, 1.82) is 0 Å². The number of anilines is 1. The molecule has 0 fully saturated rings. The van der Waals surface area contributed by atoms with E-state index in [1.54, 1.807) is 54.7 Å². The molecule has 2 amide bonds. The molecule has 4 aromatic carbocycles. The van der Waals surface area contributed by atoms with Crippen LogP contribution in [0.3, 0.4) is 0 Å². The molecule has 0 aliphatic carbocycles. The van der Waals surface area contributed by atoms with Crippen LogP contribution in [0.5, 0.6) is 0 Å². The van der Waals surface area contributed by atoms with Gasteiger partial charge >= 0.3 is 0 Å². The number of fused-ring (bicyclic) bond motifs is 1. The second kappa shape index (κ2) is 9.24. The van der Waals surface area contributed by atoms with E-state index >= 15 is 0 Å². The molecule has 0 bridgehead atoms. The summed E-state index contributed by atoms with van der Waals surface area (Å²) in [6, 6.07) is 27.1. The SMILES string of the molecule is O=C(N/N=C\c1cccc2ccccc12)c1cccc(NC(=O)c2ccc(Cl)cc2)c1. The standard InChI is InChI=1S/C25H18ClN3O2/c26-21-13-11-18(12-14-21)24(30)28-22-9-4-7-19(15-22)25(31)29-27-16-20-8-3-6-17-5-1-2-10-23(17)20/h1-16H,(H,28,30)(H,29,31)/b27-16-. The Kier molecular flexibility index (Phi) is 6.05. The van der Waals surface area contributed by atoms with Crippen molar-refractivity contribution in [3.8, 4) is 0 Å². The molecule has 0 aromatic heterocycles. The molecule has 4 aromatic rings. The molecular weight excluding hydrogens is 410 g/mol. The van der Waals surface area contributed by atoms with Crippen LogP contribution in [0.15, 0.2) is 96.1 Å². The molecule has 0 spiro atoms. The van der Waals surface area contributed by atoms with E-state index in [0.29, 0.717) is 21.8 Å². The van der Waals surface area contributed by atoms with Crippen LogP contribution in [0.4, 0.5) is 5.69 Å². The van der Waals surface area contributed by atoms with Crippen LogP contribution >= 0.6 is 11.6 Å². The van der Waals surface area contributed by atoms with Crippen molar-refractivity contribution in [3.05, 3.63) is 113 Å². The van der Waals surface area contributed by atoms with Crippen molar-refractivity contribution >= 4 is 46.1 Å². The van der Waals surface area contributed by atoms with Crippen LogP contribution in [-0.2, 0) is 0 Å². The topological polar surface area (TPSA) is 70.6 Å². The smallest absolute Gasteiger partial charge is 0.271 e. The van der Waals surface area contributed by atoms with E-state index < -0.39 is 0 Å². The van der Waals surface area contributed by atoms with Crippen molar-refractivity contribution in [3.63, 3.8) is 0 Å². The normalized spacial score (nSPS) is 10.9. The lowest BCUT2D eigenvalue weighted by Crippen LogP contribution is -2.18. The molecule has 0 aliphatic heterocycles. The van der Waals surface area contributed by atoms with E-state index in [-0.39, 0.29) is 11.8 Å². The summed E-state index contributed by atoms with van der Waals surface area (Å²) in [5.74, 6) is -0.665. The highest BCUT2D eigenvalue weighted by Crippen LogP contribution is 2.17. The molecule has 0 saturated carbocycles. The minimum absolute atomic E-state index is 0.289. The minimum Gasteiger partial charge on any atom is -0.322 e. The van der Waals surface area contributed by atoms with Crippen LogP contribution in [0.1, 0.15) is 26.3 Å². The van der Waals surface area contributed by atoms with Gasteiger partial charge in [-0.15, -0.1) is 0 Å². The fourth-order valence-electron chi connectivity index (χ4n) is 3.13. The number of hydrogen-bond acceptors (Lipinski definition) is 3. The number of carbonyl (C=O) groups is 2. The zero-order valence-corrected chi connectivity index (χ0v) is 17.1. The second-order valence-corrected chi connectivity index (χ2v) is 7.25. The van der Waals surface area contributed by atoms with Crippen molar-refractivity contribution < 1.29 is 9.59 Å². The molecule has 5 nitrogen and oxygen atoms in total. The number of hydrogen-bond donors (Lipinski definition) is 2. The van der Waals surface area contributed by atoms with Gasteiger partial charge in [-0.05, 0) is 53.2 Å². The van der Waals surface area contributed by atoms with Gasteiger partial charge < -0.3 is 5.32 Å². The first kappa shape index (κ1) is 20.3.